The number of rotatable bonds is 1. The second-order valence-electron chi connectivity index (χ2n) is 2.93. The molecule has 0 aliphatic carbocycles. The van der Waals surface area contributed by atoms with Gasteiger partial charge in [0.2, 0.25) is 0 Å². The molecule has 1 aromatic carbocycles. The van der Waals surface area contributed by atoms with Crippen molar-refractivity contribution in [2.45, 2.75) is 6.92 Å². The van der Waals surface area contributed by atoms with Crippen LogP contribution in [0.5, 0.6) is 0 Å². The predicted octanol–water partition coefficient (Wildman–Crippen LogP) is 3.16. The van der Waals surface area contributed by atoms with Crippen molar-refractivity contribution in [1.82, 2.24) is 0 Å². The summed E-state index contributed by atoms with van der Waals surface area (Å²) in [7, 11) is 0.244. The van der Waals surface area contributed by atoms with Crippen LogP contribution in [0.25, 0.3) is 4.91 Å². The lowest BCUT2D eigenvalue weighted by atomic mass is 10.1. The highest BCUT2D eigenvalue weighted by Crippen LogP contribution is 2.39. The Hall–Kier alpha value is -0.450. The van der Waals surface area contributed by atoms with Gasteiger partial charge in [-0.05, 0) is 28.9 Å². The molecule has 0 saturated heterocycles. The molecule has 1 aliphatic rings. The van der Waals surface area contributed by atoms with Crippen LogP contribution in [0.4, 0.5) is 0 Å². The summed E-state index contributed by atoms with van der Waals surface area (Å²) < 4.78 is 12.5. The van der Waals surface area contributed by atoms with Crippen LogP contribution in [-0.2, 0) is 9.83 Å². The second-order valence-corrected chi connectivity index (χ2v) is 6.45. The van der Waals surface area contributed by atoms with Crippen LogP contribution in [0.3, 0.4) is 0 Å². The molecule has 14 heavy (non-hydrogen) atoms. The smallest absolute Gasteiger partial charge is 0.119 e. The number of hydrogen-bond acceptors (Lipinski definition) is 3. The van der Waals surface area contributed by atoms with Gasteiger partial charge < -0.3 is 0 Å². The molecule has 4 heteroatoms. The minimum atomic E-state index is -1.02. The Balaban J connectivity index is 2.54. The van der Waals surface area contributed by atoms with E-state index in [-0.39, 0.29) is 0 Å². The molecule has 1 unspecified atom stereocenters. The summed E-state index contributed by atoms with van der Waals surface area (Å²) in [4.78, 5) is 0.876. The molecule has 1 aliphatic heterocycles. The Morgan fingerprint density at radius 1 is 1.29 bits per heavy atom. The first-order valence-corrected chi connectivity index (χ1v) is 7.00. The van der Waals surface area contributed by atoms with Gasteiger partial charge in [-0.25, -0.2) is 4.21 Å². The lowest BCUT2D eigenvalue weighted by Crippen LogP contribution is -1.87. The molecular weight excluding hydrogens is 232 g/mol. The Morgan fingerprint density at radius 2 is 1.93 bits per heavy atom. The summed E-state index contributed by atoms with van der Waals surface area (Å²) in [5.41, 5.74) is 1.99. The normalized spacial score (nSPS) is 21.8. The highest BCUT2D eigenvalue weighted by molar-refractivity contribution is 8.80. The van der Waals surface area contributed by atoms with E-state index in [1.165, 1.54) is 10.8 Å². The first kappa shape index (κ1) is 10.1. The fourth-order valence-corrected chi connectivity index (χ4v) is 4.91. The van der Waals surface area contributed by atoms with E-state index < -0.39 is 9.83 Å². The summed E-state index contributed by atoms with van der Waals surface area (Å²) in [5.74, 6) is 0. The molecule has 1 heterocycles. The molecular formula is C10H8OS3. The van der Waals surface area contributed by atoms with Crippen LogP contribution in [-0.4, -0.2) is 8.41 Å². The molecule has 0 amide bonds. The van der Waals surface area contributed by atoms with Crippen LogP contribution < -0.4 is 0 Å². The van der Waals surface area contributed by atoms with Crippen molar-refractivity contribution in [3.63, 3.8) is 0 Å². The summed E-state index contributed by atoms with van der Waals surface area (Å²) in [6, 6.07) is 9.76. The van der Waals surface area contributed by atoms with Crippen molar-refractivity contribution in [3.8, 4) is 0 Å². The zero-order valence-electron chi connectivity index (χ0n) is 7.52. The average molecular weight is 240 g/mol. The topological polar surface area (TPSA) is 17.1 Å². The van der Waals surface area contributed by atoms with Crippen molar-refractivity contribution in [3.05, 3.63) is 41.5 Å². The van der Waals surface area contributed by atoms with Crippen molar-refractivity contribution >= 4 is 41.9 Å². The maximum absolute atomic E-state index is 11.7. The lowest BCUT2D eigenvalue weighted by Gasteiger charge is -2.00. The number of thiocarbonyl (C=S) groups is 1. The van der Waals surface area contributed by atoms with Gasteiger partial charge in [0.1, 0.15) is 9.83 Å². The van der Waals surface area contributed by atoms with Gasteiger partial charge in [0, 0.05) is 0 Å². The third-order valence-electron chi connectivity index (χ3n) is 2.00. The maximum Gasteiger partial charge on any atom is 0.119 e. The Labute approximate surface area is 94.5 Å². The van der Waals surface area contributed by atoms with Crippen LogP contribution in [0, 0.1) is 0 Å². The Bertz CT molecular complexity index is 434. The van der Waals surface area contributed by atoms with Crippen LogP contribution in [0.15, 0.2) is 35.9 Å². The zero-order valence-corrected chi connectivity index (χ0v) is 9.97. The van der Waals surface area contributed by atoms with Crippen molar-refractivity contribution in [1.29, 1.82) is 0 Å². The fourth-order valence-electron chi connectivity index (χ4n) is 1.29. The second kappa shape index (κ2) is 3.96. The van der Waals surface area contributed by atoms with Gasteiger partial charge in [-0.1, -0.05) is 42.5 Å². The third-order valence-corrected chi connectivity index (χ3v) is 5.81. The molecule has 2 rings (SSSR count). The molecule has 0 saturated carbocycles. The first-order valence-electron chi connectivity index (χ1n) is 4.11. The molecule has 0 aromatic heterocycles. The van der Waals surface area contributed by atoms with Gasteiger partial charge in [-0.15, -0.1) is 0 Å². The van der Waals surface area contributed by atoms with Crippen LogP contribution in [0.1, 0.15) is 12.5 Å². The van der Waals surface area contributed by atoms with E-state index in [2.05, 4.69) is 0 Å². The van der Waals surface area contributed by atoms with E-state index in [0.717, 1.165) is 20.2 Å². The number of benzene rings is 1. The van der Waals surface area contributed by atoms with Gasteiger partial charge in [0.15, 0.2) is 0 Å². The Morgan fingerprint density at radius 3 is 2.43 bits per heavy atom. The molecule has 1 aromatic rings. The predicted molar refractivity (Wildman–Crippen MR) is 67.4 cm³/mol. The molecule has 1 atom stereocenters. The van der Waals surface area contributed by atoms with Gasteiger partial charge in [-0.3, -0.25) is 0 Å². The standard InChI is InChI=1S/C10H8OS3/c1-7-9(14(11)13-10(7)12)8-5-3-2-4-6-8/h2-6H,1H3. The molecule has 0 spiro atoms. The molecule has 0 fully saturated rings. The van der Waals surface area contributed by atoms with Crippen molar-refractivity contribution in [2.75, 3.05) is 0 Å². The van der Waals surface area contributed by atoms with E-state index in [1.807, 2.05) is 37.3 Å². The minimum absolute atomic E-state index is 0.752. The molecule has 0 bridgehead atoms. The molecule has 72 valence electrons. The van der Waals surface area contributed by atoms with Gasteiger partial charge in [-0.2, -0.15) is 0 Å². The first-order chi connectivity index (χ1) is 6.70. The summed E-state index contributed by atoms with van der Waals surface area (Å²) >= 11 is 5.11. The van der Waals surface area contributed by atoms with E-state index in [1.54, 1.807) is 0 Å². The van der Waals surface area contributed by atoms with Crippen LogP contribution >= 0.6 is 23.0 Å². The largest absolute Gasteiger partial charge is 0.242 e. The zero-order chi connectivity index (χ0) is 10.1. The molecule has 0 radical (unpaired) electrons. The SMILES string of the molecule is CC1=C(c2ccccc2)S(=O)SC1=S. The summed E-state index contributed by atoms with van der Waals surface area (Å²) in [6.45, 7) is 1.93. The van der Waals surface area contributed by atoms with E-state index in [4.69, 9.17) is 12.2 Å². The van der Waals surface area contributed by atoms with E-state index in [9.17, 15) is 4.21 Å². The quantitative estimate of drug-likeness (QED) is 0.554. The van der Waals surface area contributed by atoms with Crippen LogP contribution in [0.2, 0.25) is 0 Å². The Kier molecular flexibility index (Phi) is 2.85. The van der Waals surface area contributed by atoms with Gasteiger partial charge in [0.05, 0.1) is 9.10 Å². The lowest BCUT2D eigenvalue weighted by molar-refractivity contribution is 0.697. The van der Waals surface area contributed by atoms with Gasteiger partial charge in [0.25, 0.3) is 0 Å². The maximum atomic E-state index is 11.7. The van der Waals surface area contributed by atoms with Crippen molar-refractivity contribution in [2.24, 2.45) is 0 Å². The highest BCUT2D eigenvalue weighted by atomic mass is 33.1. The van der Waals surface area contributed by atoms with Crippen molar-refractivity contribution < 1.29 is 4.21 Å². The average Bonchev–Trinajstić information content (AvgIpc) is 2.43. The van der Waals surface area contributed by atoms with E-state index in [0.29, 0.717) is 0 Å². The van der Waals surface area contributed by atoms with Gasteiger partial charge >= 0.3 is 0 Å². The third kappa shape index (κ3) is 1.69. The monoisotopic (exact) mass is 240 g/mol. The summed E-state index contributed by atoms with van der Waals surface area (Å²) in [5, 5.41) is 0. The van der Waals surface area contributed by atoms with E-state index >= 15 is 0 Å². The highest BCUT2D eigenvalue weighted by Gasteiger charge is 2.25. The fraction of sp³-hybridized carbons (Fsp3) is 0.100. The number of hydrogen-bond donors (Lipinski definition) is 0. The molecule has 0 N–H and O–H groups in total. The minimum Gasteiger partial charge on any atom is -0.242 e. The summed E-state index contributed by atoms with van der Waals surface area (Å²) in [6.07, 6.45) is 0. The molecule has 1 nitrogen and oxygen atoms in total.